The topological polar surface area (TPSA) is 59.4 Å². The van der Waals surface area contributed by atoms with Crippen molar-refractivity contribution in [3.05, 3.63) is 34.4 Å². The smallest absolute Gasteiger partial charge is 0.347 e. The van der Waals surface area contributed by atoms with Crippen LogP contribution in [0.1, 0.15) is 19.5 Å². The number of aromatic nitrogens is 1. The van der Waals surface area contributed by atoms with Crippen molar-refractivity contribution in [2.75, 3.05) is 0 Å². The molecule has 1 N–H and O–H groups in total. The number of carbonyl (C=O) groups is 1. The molecule has 1 aromatic carbocycles. The minimum atomic E-state index is -1.30. The van der Waals surface area contributed by atoms with Gasteiger partial charge in [0.1, 0.15) is 11.3 Å². The van der Waals surface area contributed by atoms with Crippen molar-refractivity contribution in [2.24, 2.45) is 0 Å². The van der Waals surface area contributed by atoms with E-state index >= 15 is 0 Å². The second kappa shape index (κ2) is 4.81. The molecule has 0 spiro atoms. The molecular formula is C14H14BrNO3. The van der Waals surface area contributed by atoms with E-state index in [1.165, 1.54) is 13.8 Å². The van der Waals surface area contributed by atoms with Crippen LogP contribution in [0.25, 0.3) is 10.9 Å². The van der Waals surface area contributed by atoms with E-state index in [0.29, 0.717) is 11.3 Å². The number of ether oxygens (including phenoxy) is 1. The van der Waals surface area contributed by atoms with Crippen LogP contribution in [0.4, 0.5) is 0 Å². The molecule has 2 rings (SSSR count). The van der Waals surface area contributed by atoms with Crippen LogP contribution in [0.5, 0.6) is 5.75 Å². The summed E-state index contributed by atoms with van der Waals surface area (Å²) in [5.74, 6) is -0.550. The maximum Gasteiger partial charge on any atom is 0.347 e. The maximum absolute atomic E-state index is 11.1. The molecule has 0 aliphatic carbocycles. The first kappa shape index (κ1) is 13.8. The Hall–Kier alpha value is -1.62. The third kappa shape index (κ3) is 2.71. The number of pyridine rings is 1. The SMILES string of the molecule is Cc1ccc2c(Br)ccc(OC(C)(C)C(=O)O)c2n1. The highest BCUT2D eigenvalue weighted by atomic mass is 79.9. The quantitative estimate of drug-likeness (QED) is 0.938. The van der Waals surface area contributed by atoms with Crippen LogP contribution < -0.4 is 4.74 Å². The van der Waals surface area contributed by atoms with E-state index in [9.17, 15) is 4.79 Å². The van der Waals surface area contributed by atoms with Crippen molar-refractivity contribution in [1.29, 1.82) is 0 Å². The van der Waals surface area contributed by atoms with Gasteiger partial charge in [0.15, 0.2) is 5.60 Å². The fourth-order valence-electron chi connectivity index (χ4n) is 1.66. The van der Waals surface area contributed by atoms with Crippen LogP contribution in [-0.4, -0.2) is 21.7 Å². The van der Waals surface area contributed by atoms with Crippen LogP contribution in [0, 0.1) is 6.92 Å². The fourth-order valence-corrected chi connectivity index (χ4v) is 2.11. The van der Waals surface area contributed by atoms with Crippen LogP contribution >= 0.6 is 15.9 Å². The van der Waals surface area contributed by atoms with Gasteiger partial charge in [-0.2, -0.15) is 0 Å². The lowest BCUT2D eigenvalue weighted by Crippen LogP contribution is -2.37. The number of hydrogen-bond donors (Lipinski definition) is 1. The normalized spacial score (nSPS) is 11.6. The standard InChI is InChI=1S/C14H14BrNO3/c1-8-4-5-9-10(15)6-7-11(12(9)16-8)19-14(2,3)13(17)18/h4-7H,1-3H3,(H,17,18). The maximum atomic E-state index is 11.1. The molecule has 2 aromatic rings. The Morgan fingerprint density at radius 3 is 2.63 bits per heavy atom. The molecule has 0 aliphatic heterocycles. The van der Waals surface area contributed by atoms with Crippen LogP contribution in [-0.2, 0) is 4.79 Å². The summed E-state index contributed by atoms with van der Waals surface area (Å²) in [7, 11) is 0. The van der Waals surface area contributed by atoms with Gasteiger partial charge in [-0.25, -0.2) is 9.78 Å². The molecule has 1 heterocycles. The second-order valence-corrected chi connectivity index (χ2v) is 5.67. The van der Waals surface area contributed by atoms with Gasteiger partial charge < -0.3 is 9.84 Å². The summed E-state index contributed by atoms with van der Waals surface area (Å²) in [6.07, 6.45) is 0. The lowest BCUT2D eigenvalue weighted by molar-refractivity contribution is -0.152. The van der Waals surface area contributed by atoms with E-state index in [1.807, 2.05) is 25.1 Å². The number of hydrogen-bond acceptors (Lipinski definition) is 3. The highest BCUT2D eigenvalue weighted by Gasteiger charge is 2.30. The van der Waals surface area contributed by atoms with Gasteiger partial charge in [0.2, 0.25) is 0 Å². The van der Waals surface area contributed by atoms with Gasteiger partial charge in [0.25, 0.3) is 0 Å². The lowest BCUT2D eigenvalue weighted by Gasteiger charge is -2.22. The Labute approximate surface area is 119 Å². The largest absolute Gasteiger partial charge is 0.478 e. The first-order valence-corrected chi connectivity index (χ1v) is 6.59. The molecule has 100 valence electrons. The molecule has 1 aromatic heterocycles. The summed E-state index contributed by atoms with van der Waals surface area (Å²) < 4.78 is 6.50. The average molecular weight is 324 g/mol. The van der Waals surface area contributed by atoms with Crippen molar-refractivity contribution in [3.63, 3.8) is 0 Å². The Balaban J connectivity index is 2.58. The molecule has 5 heteroatoms. The molecule has 0 amide bonds. The van der Waals surface area contributed by atoms with Gasteiger partial charge in [-0.05, 0) is 45.0 Å². The van der Waals surface area contributed by atoms with Crippen molar-refractivity contribution >= 4 is 32.8 Å². The lowest BCUT2D eigenvalue weighted by atomic mass is 10.1. The average Bonchev–Trinajstić information content (AvgIpc) is 2.32. The number of nitrogens with zero attached hydrogens (tertiary/aromatic N) is 1. The minimum absolute atomic E-state index is 0.467. The first-order chi connectivity index (χ1) is 8.81. The van der Waals surface area contributed by atoms with Crippen LogP contribution in [0.3, 0.4) is 0 Å². The summed E-state index contributed by atoms with van der Waals surface area (Å²) in [5, 5.41) is 10.0. The molecule has 0 fully saturated rings. The number of aryl methyl sites for hydroxylation is 1. The molecule has 0 aliphatic rings. The second-order valence-electron chi connectivity index (χ2n) is 4.81. The molecule has 0 bridgehead atoms. The van der Waals surface area contributed by atoms with Gasteiger partial charge in [-0.3, -0.25) is 0 Å². The number of halogens is 1. The van der Waals surface area contributed by atoms with Gasteiger partial charge in [-0.1, -0.05) is 15.9 Å². The number of rotatable bonds is 3. The molecule has 0 unspecified atom stereocenters. The number of aliphatic carboxylic acids is 1. The summed E-state index contributed by atoms with van der Waals surface area (Å²) in [6.45, 7) is 4.91. The summed E-state index contributed by atoms with van der Waals surface area (Å²) in [5.41, 5.74) is 0.207. The first-order valence-electron chi connectivity index (χ1n) is 5.79. The van der Waals surface area contributed by atoms with Crippen molar-refractivity contribution in [3.8, 4) is 5.75 Å². The third-order valence-electron chi connectivity index (χ3n) is 2.79. The van der Waals surface area contributed by atoms with Crippen molar-refractivity contribution < 1.29 is 14.6 Å². The monoisotopic (exact) mass is 323 g/mol. The van der Waals surface area contributed by atoms with Gasteiger partial charge in [0, 0.05) is 15.6 Å². The third-order valence-corrected chi connectivity index (χ3v) is 3.48. The molecule has 4 nitrogen and oxygen atoms in total. The molecule has 0 radical (unpaired) electrons. The van der Waals surface area contributed by atoms with Crippen LogP contribution in [0.15, 0.2) is 28.7 Å². The highest BCUT2D eigenvalue weighted by Crippen LogP contribution is 2.32. The predicted octanol–water partition coefficient (Wildman–Crippen LogP) is 3.55. The van der Waals surface area contributed by atoms with Gasteiger partial charge >= 0.3 is 5.97 Å². The molecule has 0 saturated heterocycles. The zero-order valence-corrected chi connectivity index (χ0v) is 12.5. The predicted molar refractivity (Wildman–Crippen MR) is 76.5 cm³/mol. The molecule has 0 saturated carbocycles. The number of benzene rings is 1. The van der Waals surface area contributed by atoms with E-state index in [-0.39, 0.29) is 0 Å². The summed E-state index contributed by atoms with van der Waals surface area (Å²) in [6, 6.07) is 7.39. The van der Waals surface area contributed by atoms with E-state index in [0.717, 1.165) is 15.6 Å². The van der Waals surface area contributed by atoms with E-state index < -0.39 is 11.6 Å². The highest BCUT2D eigenvalue weighted by molar-refractivity contribution is 9.10. The van der Waals surface area contributed by atoms with Gasteiger partial charge in [-0.15, -0.1) is 0 Å². The number of fused-ring (bicyclic) bond motifs is 1. The van der Waals surface area contributed by atoms with Crippen LogP contribution in [0.2, 0.25) is 0 Å². The Morgan fingerprint density at radius 2 is 2.00 bits per heavy atom. The fraction of sp³-hybridized carbons (Fsp3) is 0.286. The zero-order valence-electron chi connectivity index (χ0n) is 10.9. The minimum Gasteiger partial charge on any atom is -0.478 e. The molecule has 0 atom stereocenters. The Kier molecular flexibility index (Phi) is 3.49. The van der Waals surface area contributed by atoms with E-state index in [1.54, 1.807) is 6.07 Å². The van der Waals surface area contributed by atoms with Crippen molar-refractivity contribution in [1.82, 2.24) is 4.98 Å². The Bertz CT molecular complexity index is 652. The summed E-state index contributed by atoms with van der Waals surface area (Å²) in [4.78, 5) is 15.6. The number of carboxylic acid groups (broad SMARTS) is 1. The van der Waals surface area contributed by atoms with Gasteiger partial charge in [0.05, 0.1) is 0 Å². The molecule has 19 heavy (non-hydrogen) atoms. The Morgan fingerprint density at radius 1 is 1.32 bits per heavy atom. The molecular weight excluding hydrogens is 310 g/mol. The van der Waals surface area contributed by atoms with E-state index in [2.05, 4.69) is 20.9 Å². The zero-order chi connectivity index (χ0) is 14.2. The van der Waals surface area contributed by atoms with Crippen molar-refractivity contribution in [2.45, 2.75) is 26.4 Å². The summed E-state index contributed by atoms with van der Waals surface area (Å²) >= 11 is 3.45. The number of carboxylic acids is 1. The van der Waals surface area contributed by atoms with E-state index in [4.69, 9.17) is 9.84 Å².